The Balaban J connectivity index is 1.89. The van der Waals surface area contributed by atoms with Crippen LogP contribution in [0, 0.1) is 0 Å². The van der Waals surface area contributed by atoms with Crippen molar-refractivity contribution >= 4 is 50.7 Å². The van der Waals surface area contributed by atoms with E-state index < -0.39 is 0 Å². The van der Waals surface area contributed by atoms with Crippen molar-refractivity contribution in [3.05, 3.63) is 45.4 Å². The van der Waals surface area contributed by atoms with Gasteiger partial charge in [0, 0.05) is 24.2 Å². The summed E-state index contributed by atoms with van der Waals surface area (Å²) in [7, 11) is 3.02. The lowest BCUT2D eigenvalue weighted by Crippen LogP contribution is -2.23. The highest BCUT2D eigenvalue weighted by atomic mass is 79.9. The number of hydrogen-bond donors (Lipinski definition) is 1. The van der Waals surface area contributed by atoms with Crippen LogP contribution in [-0.4, -0.2) is 32.6 Å². The van der Waals surface area contributed by atoms with E-state index in [4.69, 9.17) is 21.1 Å². The average molecular weight is 454 g/mol. The van der Waals surface area contributed by atoms with Crippen LogP contribution >= 0.6 is 27.5 Å². The highest BCUT2D eigenvalue weighted by molar-refractivity contribution is 9.10. The number of carbonyl (C=O) groups is 2. The van der Waals surface area contributed by atoms with Gasteiger partial charge in [-0.05, 0) is 52.7 Å². The van der Waals surface area contributed by atoms with Gasteiger partial charge in [-0.1, -0.05) is 11.6 Å². The number of amides is 2. The molecule has 1 aliphatic heterocycles. The third-order valence-corrected chi connectivity index (χ3v) is 5.40. The summed E-state index contributed by atoms with van der Waals surface area (Å²) < 4.78 is 11.2. The van der Waals surface area contributed by atoms with Gasteiger partial charge in [-0.15, -0.1) is 0 Å². The van der Waals surface area contributed by atoms with Gasteiger partial charge in [0.05, 0.1) is 24.9 Å². The van der Waals surface area contributed by atoms with Gasteiger partial charge in [-0.2, -0.15) is 0 Å². The first kappa shape index (κ1) is 19.5. The maximum absolute atomic E-state index is 12.7. The molecule has 0 aromatic heterocycles. The Morgan fingerprint density at radius 3 is 2.41 bits per heavy atom. The molecule has 2 aromatic carbocycles. The third-order valence-electron chi connectivity index (χ3n) is 4.29. The zero-order valence-electron chi connectivity index (χ0n) is 14.8. The molecule has 0 bridgehead atoms. The molecule has 1 saturated heterocycles. The molecule has 0 aliphatic carbocycles. The van der Waals surface area contributed by atoms with Crippen molar-refractivity contribution < 1.29 is 19.1 Å². The molecule has 6 nitrogen and oxygen atoms in total. The number of carbonyl (C=O) groups excluding carboxylic acids is 2. The molecular weight excluding hydrogens is 436 g/mol. The second kappa shape index (κ2) is 8.19. The SMILES string of the molecule is COc1cc(C(=O)Nc2cc(N3CCCC3=O)ccc2Cl)cc(OC)c1Br. The Morgan fingerprint density at radius 2 is 1.85 bits per heavy atom. The first-order chi connectivity index (χ1) is 12.9. The first-order valence-corrected chi connectivity index (χ1v) is 9.44. The van der Waals surface area contributed by atoms with Gasteiger partial charge >= 0.3 is 0 Å². The molecule has 0 saturated carbocycles. The lowest BCUT2D eigenvalue weighted by molar-refractivity contribution is -0.117. The van der Waals surface area contributed by atoms with Crippen LogP contribution in [0.4, 0.5) is 11.4 Å². The molecule has 2 aromatic rings. The average Bonchev–Trinajstić information content (AvgIpc) is 3.09. The van der Waals surface area contributed by atoms with E-state index in [0.717, 1.165) is 6.42 Å². The van der Waals surface area contributed by atoms with Crippen LogP contribution in [-0.2, 0) is 4.79 Å². The second-order valence-corrected chi connectivity index (χ2v) is 7.16. The summed E-state index contributed by atoms with van der Waals surface area (Å²) in [6.45, 7) is 0.662. The largest absolute Gasteiger partial charge is 0.495 e. The van der Waals surface area contributed by atoms with Gasteiger partial charge in [0.2, 0.25) is 5.91 Å². The van der Waals surface area contributed by atoms with Crippen LogP contribution in [0.1, 0.15) is 23.2 Å². The highest BCUT2D eigenvalue weighted by Gasteiger charge is 2.23. The van der Waals surface area contributed by atoms with Crippen LogP contribution in [0.2, 0.25) is 5.02 Å². The number of nitrogens with zero attached hydrogens (tertiary/aromatic N) is 1. The maximum Gasteiger partial charge on any atom is 0.255 e. The van der Waals surface area contributed by atoms with E-state index in [1.807, 2.05) is 0 Å². The Hall–Kier alpha value is -2.25. The zero-order chi connectivity index (χ0) is 19.6. The van der Waals surface area contributed by atoms with Crippen molar-refractivity contribution in [2.75, 3.05) is 31.0 Å². The fourth-order valence-corrected chi connectivity index (χ4v) is 3.61. The summed E-state index contributed by atoms with van der Waals surface area (Å²) in [5.41, 5.74) is 1.49. The van der Waals surface area contributed by atoms with E-state index >= 15 is 0 Å². The topological polar surface area (TPSA) is 67.9 Å². The molecule has 1 aliphatic rings. The number of hydrogen-bond acceptors (Lipinski definition) is 4. The van der Waals surface area contributed by atoms with Gasteiger partial charge in [0.15, 0.2) is 0 Å². The molecular formula is C19H18BrClN2O4. The minimum Gasteiger partial charge on any atom is -0.495 e. The number of nitrogens with one attached hydrogen (secondary N) is 1. The van der Waals surface area contributed by atoms with E-state index in [9.17, 15) is 9.59 Å². The molecule has 142 valence electrons. The van der Waals surface area contributed by atoms with Crippen molar-refractivity contribution in [3.8, 4) is 11.5 Å². The third kappa shape index (κ3) is 4.04. The van der Waals surface area contributed by atoms with E-state index in [-0.39, 0.29) is 11.8 Å². The lowest BCUT2D eigenvalue weighted by atomic mass is 10.1. The maximum atomic E-state index is 12.7. The van der Waals surface area contributed by atoms with Gasteiger partial charge in [-0.3, -0.25) is 9.59 Å². The molecule has 1 N–H and O–H groups in total. The van der Waals surface area contributed by atoms with E-state index in [0.29, 0.717) is 50.9 Å². The van der Waals surface area contributed by atoms with Crippen LogP contribution in [0.3, 0.4) is 0 Å². The number of benzene rings is 2. The second-order valence-electron chi connectivity index (χ2n) is 5.96. The fourth-order valence-electron chi connectivity index (χ4n) is 2.89. The minimum absolute atomic E-state index is 0.0666. The van der Waals surface area contributed by atoms with Crippen molar-refractivity contribution in [1.82, 2.24) is 0 Å². The molecule has 0 radical (unpaired) electrons. The molecule has 2 amide bonds. The smallest absolute Gasteiger partial charge is 0.255 e. The first-order valence-electron chi connectivity index (χ1n) is 8.27. The van der Waals surface area contributed by atoms with E-state index in [1.165, 1.54) is 14.2 Å². The number of rotatable bonds is 5. The predicted molar refractivity (Wildman–Crippen MR) is 108 cm³/mol. The van der Waals surface area contributed by atoms with Crippen LogP contribution < -0.4 is 19.7 Å². The Bertz CT molecular complexity index is 878. The zero-order valence-corrected chi connectivity index (χ0v) is 17.2. The molecule has 3 rings (SSSR count). The van der Waals surface area contributed by atoms with Crippen LogP contribution in [0.15, 0.2) is 34.8 Å². The van der Waals surface area contributed by atoms with E-state index in [1.54, 1.807) is 35.2 Å². The van der Waals surface area contributed by atoms with Crippen molar-refractivity contribution in [2.45, 2.75) is 12.8 Å². The molecule has 0 unspecified atom stereocenters. The summed E-state index contributed by atoms with van der Waals surface area (Å²) in [6, 6.07) is 8.35. The molecule has 1 heterocycles. The molecule has 1 fully saturated rings. The number of halogens is 2. The van der Waals surface area contributed by atoms with Gasteiger partial charge < -0.3 is 19.7 Å². The monoisotopic (exact) mass is 452 g/mol. The van der Waals surface area contributed by atoms with Gasteiger partial charge in [0.1, 0.15) is 16.0 Å². The number of anilines is 2. The summed E-state index contributed by atoms with van der Waals surface area (Å²) >= 11 is 9.61. The van der Waals surface area contributed by atoms with E-state index in [2.05, 4.69) is 21.2 Å². The summed E-state index contributed by atoms with van der Waals surface area (Å²) in [5.74, 6) is 0.645. The molecule has 0 spiro atoms. The lowest BCUT2D eigenvalue weighted by Gasteiger charge is -2.18. The number of methoxy groups -OCH3 is 2. The number of ether oxygens (including phenoxy) is 2. The van der Waals surface area contributed by atoms with Crippen molar-refractivity contribution in [3.63, 3.8) is 0 Å². The Labute approximate surface area is 170 Å². The quantitative estimate of drug-likeness (QED) is 0.724. The van der Waals surface area contributed by atoms with Crippen molar-refractivity contribution in [2.24, 2.45) is 0 Å². The Kier molecular flexibility index (Phi) is 5.92. The minimum atomic E-state index is -0.370. The standard InChI is InChI=1S/C19H18BrClN2O4/c1-26-15-8-11(9-16(27-2)18(15)20)19(25)22-14-10-12(5-6-13(14)21)23-7-3-4-17(23)24/h5-6,8-10H,3-4,7H2,1-2H3,(H,22,25). The molecule has 27 heavy (non-hydrogen) atoms. The summed E-state index contributed by atoms with van der Waals surface area (Å²) in [6.07, 6.45) is 1.35. The predicted octanol–water partition coefficient (Wildman–Crippen LogP) is 4.50. The molecule has 0 atom stereocenters. The molecule has 8 heteroatoms. The van der Waals surface area contributed by atoms with Crippen LogP contribution in [0.25, 0.3) is 0 Å². The van der Waals surface area contributed by atoms with Crippen LogP contribution in [0.5, 0.6) is 11.5 Å². The summed E-state index contributed by atoms with van der Waals surface area (Å²) in [4.78, 5) is 26.4. The van der Waals surface area contributed by atoms with Crippen molar-refractivity contribution in [1.29, 1.82) is 0 Å². The normalized spacial score (nSPS) is 13.6. The van der Waals surface area contributed by atoms with Gasteiger partial charge in [0.25, 0.3) is 5.91 Å². The fraction of sp³-hybridized carbons (Fsp3) is 0.263. The Morgan fingerprint density at radius 1 is 1.19 bits per heavy atom. The van der Waals surface area contributed by atoms with Gasteiger partial charge in [-0.25, -0.2) is 0 Å². The summed E-state index contributed by atoms with van der Waals surface area (Å²) in [5, 5.41) is 3.18. The highest BCUT2D eigenvalue weighted by Crippen LogP contribution is 2.36.